The summed E-state index contributed by atoms with van der Waals surface area (Å²) in [7, 11) is 0. The number of nitrogens with two attached hydrogens (primary N) is 1. The summed E-state index contributed by atoms with van der Waals surface area (Å²) in [5, 5.41) is 2.90. The summed E-state index contributed by atoms with van der Waals surface area (Å²) in [4.78, 5) is 14.2. The lowest BCUT2D eigenvalue weighted by Gasteiger charge is -2.42. The van der Waals surface area contributed by atoms with Gasteiger partial charge in [-0.2, -0.15) is 0 Å². The fourth-order valence-electron chi connectivity index (χ4n) is 3.05. The lowest BCUT2D eigenvalue weighted by atomic mass is 9.93. The van der Waals surface area contributed by atoms with E-state index in [9.17, 15) is 9.18 Å². The molecule has 0 spiro atoms. The molecule has 0 radical (unpaired) electrons. The molecular weight excluding hydrogens is 269 g/mol. The standard InChI is InChI=1S/C16H24FN3O/c1-3-13(18)15(11-5-7-12(17)8-6-11)20-10-9-19-16(21)14(20)4-2/h5-8,13-15H,3-4,9-10,18H2,1-2H3,(H,19,21). The van der Waals surface area contributed by atoms with Gasteiger partial charge in [0.1, 0.15) is 5.82 Å². The summed E-state index contributed by atoms with van der Waals surface area (Å²) in [6.45, 7) is 5.43. The van der Waals surface area contributed by atoms with Gasteiger partial charge < -0.3 is 11.1 Å². The van der Waals surface area contributed by atoms with Gasteiger partial charge in [0.2, 0.25) is 5.91 Å². The molecule has 3 N–H and O–H groups in total. The van der Waals surface area contributed by atoms with E-state index < -0.39 is 0 Å². The number of carbonyl (C=O) groups excluding carboxylic acids is 1. The Labute approximate surface area is 125 Å². The Bertz CT molecular complexity index is 477. The molecule has 1 amide bonds. The molecule has 0 aromatic heterocycles. The summed E-state index contributed by atoms with van der Waals surface area (Å²) < 4.78 is 13.2. The molecule has 1 fully saturated rings. The largest absolute Gasteiger partial charge is 0.353 e. The van der Waals surface area contributed by atoms with Crippen LogP contribution in [0.15, 0.2) is 24.3 Å². The minimum absolute atomic E-state index is 0.0548. The molecule has 21 heavy (non-hydrogen) atoms. The van der Waals surface area contributed by atoms with Gasteiger partial charge >= 0.3 is 0 Å². The summed E-state index contributed by atoms with van der Waals surface area (Å²) >= 11 is 0. The first-order valence-corrected chi connectivity index (χ1v) is 7.63. The van der Waals surface area contributed by atoms with Gasteiger partial charge in [-0.05, 0) is 30.5 Å². The first kappa shape index (κ1) is 15.9. The highest BCUT2D eigenvalue weighted by atomic mass is 19.1. The van der Waals surface area contributed by atoms with Gasteiger partial charge in [-0.25, -0.2) is 4.39 Å². The molecule has 1 heterocycles. The Morgan fingerprint density at radius 3 is 2.62 bits per heavy atom. The van der Waals surface area contributed by atoms with Crippen molar-refractivity contribution in [2.75, 3.05) is 13.1 Å². The highest BCUT2D eigenvalue weighted by molar-refractivity contribution is 5.82. The van der Waals surface area contributed by atoms with E-state index in [4.69, 9.17) is 5.73 Å². The quantitative estimate of drug-likeness (QED) is 0.870. The van der Waals surface area contributed by atoms with E-state index in [1.54, 1.807) is 12.1 Å². The van der Waals surface area contributed by atoms with E-state index >= 15 is 0 Å². The second-order valence-electron chi connectivity index (χ2n) is 5.52. The molecule has 2 rings (SSSR count). The Hall–Kier alpha value is -1.46. The number of hydrogen-bond acceptors (Lipinski definition) is 3. The summed E-state index contributed by atoms with van der Waals surface area (Å²) in [5.41, 5.74) is 7.28. The maximum atomic E-state index is 13.2. The number of amides is 1. The van der Waals surface area contributed by atoms with E-state index in [-0.39, 0.29) is 29.8 Å². The zero-order chi connectivity index (χ0) is 15.4. The lowest BCUT2D eigenvalue weighted by molar-refractivity contribution is -0.130. The van der Waals surface area contributed by atoms with Crippen molar-refractivity contribution in [3.05, 3.63) is 35.6 Å². The van der Waals surface area contributed by atoms with Gasteiger partial charge in [-0.15, -0.1) is 0 Å². The van der Waals surface area contributed by atoms with Crippen LogP contribution in [-0.4, -0.2) is 36.0 Å². The molecule has 0 bridgehead atoms. The van der Waals surface area contributed by atoms with E-state index in [1.165, 1.54) is 12.1 Å². The topological polar surface area (TPSA) is 58.4 Å². The first-order valence-electron chi connectivity index (χ1n) is 7.63. The fraction of sp³-hybridized carbons (Fsp3) is 0.562. The number of nitrogens with one attached hydrogen (secondary N) is 1. The van der Waals surface area contributed by atoms with Crippen molar-refractivity contribution in [3.8, 4) is 0 Å². The molecule has 4 nitrogen and oxygen atoms in total. The van der Waals surface area contributed by atoms with E-state index in [1.807, 2.05) is 13.8 Å². The molecule has 1 aliphatic heterocycles. The number of nitrogens with zero attached hydrogens (tertiary/aromatic N) is 1. The average Bonchev–Trinajstić information content (AvgIpc) is 2.49. The molecular formula is C16H24FN3O. The van der Waals surface area contributed by atoms with Crippen LogP contribution in [0.25, 0.3) is 0 Å². The van der Waals surface area contributed by atoms with Crippen LogP contribution in [0, 0.1) is 5.82 Å². The van der Waals surface area contributed by atoms with Crippen molar-refractivity contribution in [1.29, 1.82) is 0 Å². The fourth-order valence-corrected chi connectivity index (χ4v) is 3.05. The monoisotopic (exact) mass is 293 g/mol. The predicted molar refractivity (Wildman–Crippen MR) is 81.2 cm³/mol. The maximum absolute atomic E-state index is 13.2. The third-order valence-electron chi connectivity index (χ3n) is 4.20. The predicted octanol–water partition coefficient (Wildman–Crippen LogP) is 1.81. The van der Waals surface area contributed by atoms with Crippen LogP contribution in [0.3, 0.4) is 0 Å². The Balaban J connectivity index is 2.34. The van der Waals surface area contributed by atoms with Crippen molar-refractivity contribution in [3.63, 3.8) is 0 Å². The van der Waals surface area contributed by atoms with Crippen molar-refractivity contribution in [2.45, 2.75) is 44.8 Å². The van der Waals surface area contributed by atoms with Gasteiger partial charge in [0.25, 0.3) is 0 Å². The van der Waals surface area contributed by atoms with Crippen molar-refractivity contribution in [2.24, 2.45) is 5.73 Å². The molecule has 3 atom stereocenters. The maximum Gasteiger partial charge on any atom is 0.237 e. The van der Waals surface area contributed by atoms with Gasteiger partial charge in [-0.1, -0.05) is 26.0 Å². The lowest BCUT2D eigenvalue weighted by Crippen LogP contribution is -2.58. The number of benzene rings is 1. The second kappa shape index (κ2) is 7.00. The molecule has 1 saturated heterocycles. The Morgan fingerprint density at radius 1 is 1.38 bits per heavy atom. The zero-order valence-corrected chi connectivity index (χ0v) is 12.7. The zero-order valence-electron chi connectivity index (χ0n) is 12.7. The first-order chi connectivity index (χ1) is 10.1. The van der Waals surface area contributed by atoms with E-state index in [2.05, 4.69) is 10.2 Å². The van der Waals surface area contributed by atoms with Crippen LogP contribution in [-0.2, 0) is 4.79 Å². The van der Waals surface area contributed by atoms with Crippen LogP contribution in [0.4, 0.5) is 4.39 Å². The summed E-state index contributed by atoms with van der Waals surface area (Å²) in [6, 6.07) is 6.13. The van der Waals surface area contributed by atoms with E-state index in [0.717, 1.165) is 24.9 Å². The van der Waals surface area contributed by atoms with Gasteiger partial charge in [-0.3, -0.25) is 9.69 Å². The third-order valence-corrected chi connectivity index (χ3v) is 4.20. The Morgan fingerprint density at radius 2 is 2.05 bits per heavy atom. The average molecular weight is 293 g/mol. The summed E-state index contributed by atoms with van der Waals surface area (Å²) in [5.74, 6) is -0.204. The third kappa shape index (κ3) is 3.41. The SMILES string of the molecule is CCC(N)C(c1ccc(F)cc1)N1CCNC(=O)C1CC. The molecule has 3 unspecified atom stereocenters. The van der Waals surface area contributed by atoms with Gasteiger partial charge in [0.05, 0.1) is 12.1 Å². The molecule has 5 heteroatoms. The number of hydrogen-bond donors (Lipinski definition) is 2. The minimum Gasteiger partial charge on any atom is -0.353 e. The van der Waals surface area contributed by atoms with Crippen LogP contribution < -0.4 is 11.1 Å². The summed E-state index contributed by atoms with van der Waals surface area (Å²) in [6.07, 6.45) is 1.54. The number of piperazine rings is 1. The normalized spacial score (nSPS) is 22.7. The van der Waals surface area contributed by atoms with Gasteiger partial charge in [0.15, 0.2) is 0 Å². The van der Waals surface area contributed by atoms with Crippen molar-refractivity contribution in [1.82, 2.24) is 10.2 Å². The molecule has 1 aromatic carbocycles. The van der Waals surface area contributed by atoms with Crippen LogP contribution >= 0.6 is 0 Å². The number of halogens is 1. The van der Waals surface area contributed by atoms with Crippen LogP contribution in [0.1, 0.15) is 38.3 Å². The van der Waals surface area contributed by atoms with Crippen LogP contribution in [0.2, 0.25) is 0 Å². The molecule has 0 aliphatic carbocycles. The highest BCUT2D eigenvalue weighted by Crippen LogP contribution is 2.29. The van der Waals surface area contributed by atoms with Crippen LogP contribution in [0.5, 0.6) is 0 Å². The molecule has 1 aromatic rings. The minimum atomic E-state index is -0.258. The smallest absolute Gasteiger partial charge is 0.237 e. The second-order valence-corrected chi connectivity index (χ2v) is 5.52. The number of carbonyl (C=O) groups is 1. The molecule has 0 saturated carbocycles. The molecule has 1 aliphatic rings. The Kier molecular flexibility index (Phi) is 5.31. The highest BCUT2D eigenvalue weighted by Gasteiger charge is 2.36. The number of rotatable bonds is 5. The van der Waals surface area contributed by atoms with Crippen molar-refractivity contribution < 1.29 is 9.18 Å². The van der Waals surface area contributed by atoms with E-state index in [0.29, 0.717) is 6.54 Å². The molecule has 116 valence electrons. The van der Waals surface area contributed by atoms with Gasteiger partial charge in [0, 0.05) is 19.1 Å². The van der Waals surface area contributed by atoms with Crippen molar-refractivity contribution >= 4 is 5.91 Å².